The first-order valence-electron chi connectivity index (χ1n) is 3.19. The van der Waals surface area contributed by atoms with Crippen molar-refractivity contribution in [3.8, 4) is 0 Å². The normalized spacial score (nSPS) is 16.8. The lowest BCUT2D eigenvalue weighted by atomic mass is 10.2. The summed E-state index contributed by atoms with van der Waals surface area (Å²) < 4.78 is 0. The first kappa shape index (κ1) is 8.14. The van der Waals surface area contributed by atoms with E-state index in [-0.39, 0.29) is 0 Å². The maximum absolute atomic E-state index is 10.5. The van der Waals surface area contributed by atoms with E-state index in [2.05, 4.69) is 12.6 Å². The van der Waals surface area contributed by atoms with Crippen LogP contribution in [-0.2, 0) is 4.79 Å². The van der Waals surface area contributed by atoms with Crippen LogP contribution < -0.4 is 0 Å². The number of hydrogen-bond acceptors (Lipinski definition) is 2. The Morgan fingerprint density at radius 3 is 2.73 bits per heavy atom. The second-order valence-corrected chi connectivity index (χ2v) is 2.79. The molecule has 0 saturated carbocycles. The molecule has 0 aromatic carbocycles. The molecule has 0 aromatic rings. The second-order valence-electron chi connectivity index (χ2n) is 2.22. The molecular weight excluding hydrogens is 160 g/mol. The van der Waals surface area contributed by atoms with Gasteiger partial charge in [0.15, 0.2) is 0 Å². The van der Waals surface area contributed by atoms with Crippen LogP contribution in [0.4, 0.5) is 0 Å². The van der Waals surface area contributed by atoms with Gasteiger partial charge in [0, 0.05) is 12.0 Å². The Labute approximate surface area is 70.3 Å². The zero-order valence-corrected chi connectivity index (χ0v) is 6.71. The van der Waals surface area contributed by atoms with Gasteiger partial charge in [-0.25, -0.2) is 4.79 Å². The van der Waals surface area contributed by atoms with Gasteiger partial charge < -0.3 is 5.11 Å². The van der Waals surface area contributed by atoms with Gasteiger partial charge in [-0.3, -0.25) is 0 Å². The van der Waals surface area contributed by atoms with Crippen molar-refractivity contribution in [3.63, 3.8) is 0 Å². The molecule has 1 N–H and O–H groups in total. The van der Waals surface area contributed by atoms with E-state index in [0.717, 1.165) is 4.91 Å². The number of thiol groups is 1. The predicted molar refractivity (Wildman–Crippen MR) is 46.5 cm³/mol. The number of allylic oxidation sites excluding steroid dienone is 5. The summed E-state index contributed by atoms with van der Waals surface area (Å²) in [7, 11) is 0. The maximum Gasteiger partial charge on any atom is 0.331 e. The molecule has 1 aliphatic rings. The fourth-order valence-corrected chi connectivity index (χ4v) is 1.05. The first-order valence-corrected chi connectivity index (χ1v) is 3.63. The molecule has 3 heteroatoms. The average Bonchev–Trinajstić information content (AvgIpc) is 2.13. The van der Waals surface area contributed by atoms with Crippen molar-refractivity contribution < 1.29 is 9.90 Å². The van der Waals surface area contributed by atoms with Crippen molar-refractivity contribution in [1.29, 1.82) is 0 Å². The summed E-state index contributed by atoms with van der Waals surface area (Å²) in [6.45, 7) is 0. The molecular formula is C8H8O2S. The van der Waals surface area contributed by atoms with Gasteiger partial charge in [0.2, 0.25) is 0 Å². The molecule has 2 nitrogen and oxygen atoms in total. The maximum atomic E-state index is 10.5. The van der Waals surface area contributed by atoms with Crippen molar-refractivity contribution in [2.24, 2.45) is 0 Å². The number of aliphatic carboxylic acids is 1. The van der Waals surface area contributed by atoms with Crippen LogP contribution in [0.1, 0.15) is 6.42 Å². The largest absolute Gasteiger partial charge is 0.478 e. The fraction of sp³-hybridized carbons (Fsp3) is 0.125. The molecule has 0 spiro atoms. The van der Waals surface area contributed by atoms with E-state index in [9.17, 15) is 4.79 Å². The summed E-state index contributed by atoms with van der Waals surface area (Å²) in [6.07, 6.45) is 7.26. The highest BCUT2D eigenvalue weighted by Gasteiger charge is 2.07. The van der Waals surface area contributed by atoms with Crippen LogP contribution in [0.25, 0.3) is 0 Å². The van der Waals surface area contributed by atoms with Gasteiger partial charge in [-0.05, 0) is 4.91 Å². The van der Waals surface area contributed by atoms with Crippen LogP contribution >= 0.6 is 12.6 Å². The van der Waals surface area contributed by atoms with Crippen LogP contribution in [0.15, 0.2) is 34.8 Å². The lowest BCUT2D eigenvalue weighted by molar-refractivity contribution is -0.132. The Morgan fingerprint density at radius 2 is 2.09 bits per heavy atom. The molecule has 0 radical (unpaired) electrons. The third-order valence-corrected chi connectivity index (χ3v) is 1.65. The van der Waals surface area contributed by atoms with Crippen molar-refractivity contribution >= 4 is 18.6 Å². The Balaban J connectivity index is 2.85. The van der Waals surface area contributed by atoms with Crippen molar-refractivity contribution in [2.45, 2.75) is 6.42 Å². The van der Waals surface area contributed by atoms with E-state index >= 15 is 0 Å². The SMILES string of the molecule is O=C(O)C1=CC=CC=C(S)C1. The van der Waals surface area contributed by atoms with Crippen LogP contribution in [0.3, 0.4) is 0 Å². The number of carboxylic acids is 1. The molecule has 0 saturated heterocycles. The Morgan fingerprint density at radius 1 is 1.45 bits per heavy atom. The molecule has 0 aromatic heterocycles. The topological polar surface area (TPSA) is 37.3 Å². The lowest BCUT2D eigenvalue weighted by Gasteiger charge is -1.97. The highest BCUT2D eigenvalue weighted by Crippen LogP contribution is 2.17. The highest BCUT2D eigenvalue weighted by molar-refractivity contribution is 7.84. The van der Waals surface area contributed by atoms with E-state index in [0.29, 0.717) is 12.0 Å². The van der Waals surface area contributed by atoms with Crippen molar-refractivity contribution in [2.75, 3.05) is 0 Å². The van der Waals surface area contributed by atoms with Crippen LogP contribution in [0.2, 0.25) is 0 Å². The second kappa shape index (κ2) is 3.44. The van der Waals surface area contributed by atoms with Gasteiger partial charge in [0.05, 0.1) is 0 Å². The minimum atomic E-state index is -0.878. The quantitative estimate of drug-likeness (QED) is 0.585. The van der Waals surface area contributed by atoms with Gasteiger partial charge in [-0.15, -0.1) is 12.6 Å². The van der Waals surface area contributed by atoms with E-state index in [1.165, 1.54) is 0 Å². The standard InChI is InChI=1S/C8H8O2S/c9-8(10)6-3-1-2-4-7(11)5-6/h1-4,11H,5H2,(H,9,10). The number of rotatable bonds is 1. The third-order valence-electron chi connectivity index (χ3n) is 1.34. The van der Waals surface area contributed by atoms with E-state index in [1.54, 1.807) is 24.3 Å². The zero-order valence-electron chi connectivity index (χ0n) is 5.82. The molecule has 1 aliphatic carbocycles. The molecule has 0 aliphatic heterocycles. The molecule has 58 valence electrons. The van der Waals surface area contributed by atoms with Crippen LogP contribution in [-0.4, -0.2) is 11.1 Å². The highest BCUT2D eigenvalue weighted by atomic mass is 32.1. The average molecular weight is 168 g/mol. The summed E-state index contributed by atoms with van der Waals surface area (Å²) in [5, 5.41) is 8.62. The molecule has 0 heterocycles. The summed E-state index contributed by atoms with van der Waals surface area (Å²) in [5.74, 6) is -0.878. The lowest BCUT2D eigenvalue weighted by Crippen LogP contribution is -1.99. The van der Waals surface area contributed by atoms with Gasteiger partial charge in [0.1, 0.15) is 0 Å². The number of hydrogen-bond donors (Lipinski definition) is 2. The Kier molecular flexibility index (Phi) is 2.54. The molecule has 0 unspecified atom stereocenters. The molecule has 1 rings (SSSR count). The molecule has 0 bridgehead atoms. The summed E-state index contributed by atoms with van der Waals surface area (Å²) in [6, 6.07) is 0. The minimum absolute atomic E-state index is 0.375. The van der Waals surface area contributed by atoms with E-state index < -0.39 is 5.97 Å². The van der Waals surface area contributed by atoms with Gasteiger partial charge in [0.25, 0.3) is 0 Å². The van der Waals surface area contributed by atoms with Crippen LogP contribution in [0, 0.1) is 0 Å². The van der Waals surface area contributed by atoms with Gasteiger partial charge >= 0.3 is 5.97 Å². The number of carboxylic acid groups (broad SMARTS) is 1. The molecule has 11 heavy (non-hydrogen) atoms. The minimum Gasteiger partial charge on any atom is -0.478 e. The summed E-state index contributed by atoms with van der Waals surface area (Å²) >= 11 is 4.09. The Bertz CT molecular complexity index is 261. The number of carbonyl (C=O) groups is 1. The first-order chi connectivity index (χ1) is 5.20. The summed E-state index contributed by atoms with van der Waals surface area (Å²) in [5.41, 5.74) is 0.375. The van der Waals surface area contributed by atoms with Crippen molar-refractivity contribution in [1.82, 2.24) is 0 Å². The third kappa shape index (κ3) is 2.27. The zero-order chi connectivity index (χ0) is 8.27. The fourth-order valence-electron chi connectivity index (χ4n) is 0.798. The Hall–Kier alpha value is -0.960. The molecule has 0 fully saturated rings. The molecule has 0 amide bonds. The van der Waals surface area contributed by atoms with Gasteiger partial charge in [-0.2, -0.15) is 0 Å². The van der Waals surface area contributed by atoms with Crippen LogP contribution in [0.5, 0.6) is 0 Å². The molecule has 0 atom stereocenters. The summed E-state index contributed by atoms with van der Waals surface area (Å²) in [4.78, 5) is 11.3. The van der Waals surface area contributed by atoms with Crippen molar-refractivity contribution in [3.05, 3.63) is 34.8 Å². The van der Waals surface area contributed by atoms with E-state index in [4.69, 9.17) is 5.11 Å². The van der Waals surface area contributed by atoms with Gasteiger partial charge in [-0.1, -0.05) is 24.3 Å². The smallest absolute Gasteiger partial charge is 0.331 e. The monoisotopic (exact) mass is 168 g/mol. The van der Waals surface area contributed by atoms with E-state index in [1.807, 2.05) is 0 Å². The predicted octanol–water partition coefficient (Wildman–Crippen LogP) is 1.77.